The maximum Gasteiger partial charge on any atom is 0.416 e. The number of carbonyl (C=O) groups is 1. The van der Waals surface area contributed by atoms with Crippen molar-refractivity contribution < 1.29 is 31.1 Å². The Kier molecular flexibility index (Phi) is 5.67. The number of hydrogen-bond acceptors (Lipinski definition) is 2. The fourth-order valence-corrected chi connectivity index (χ4v) is 3.74. The molecule has 0 saturated heterocycles. The second-order valence-corrected chi connectivity index (χ2v) is 6.96. The lowest BCUT2D eigenvalue weighted by molar-refractivity contribution is -0.143. The first-order valence-corrected chi connectivity index (χ1v) is 8.80. The van der Waals surface area contributed by atoms with Crippen LogP contribution in [0.5, 0.6) is 0 Å². The van der Waals surface area contributed by atoms with Crippen LogP contribution in [0.1, 0.15) is 44.2 Å². The minimum atomic E-state index is -5.04. The molecule has 1 unspecified atom stereocenters. The number of carbonyl (C=O) groups excluding carboxylic acids is 1. The Morgan fingerprint density at radius 1 is 0.774 bits per heavy atom. The number of halogens is 7. The number of alkyl halides is 6. The van der Waals surface area contributed by atoms with Crippen molar-refractivity contribution >= 4 is 18.2 Å². The van der Waals surface area contributed by atoms with Gasteiger partial charge in [0.25, 0.3) is 0 Å². The van der Waals surface area contributed by atoms with Gasteiger partial charge in [-0.1, -0.05) is 42.5 Å². The van der Waals surface area contributed by atoms with Crippen LogP contribution in [-0.2, 0) is 12.4 Å². The summed E-state index contributed by atoms with van der Waals surface area (Å²) in [6.45, 7) is 0. The van der Waals surface area contributed by atoms with Crippen LogP contribution in [0.4, 0.5) is 26.3 Å². The van der Waals surface area contributed by atoms with Crippen molar-refractivity contribution in [3.05, 3.63) is 94.0 Å². The van der Waals surface area contributed by atoms with Crippen molar-refractivity contribution in [2.24, 2.45) is 5.73 Å². The summed E-state index contributed by atoms with van der Waals surface area (Å²) in [5, 5.41) is 0. The molecule has 0 aromatic heterocycles. The van der Waals surface area contributed by atoms with Gasteiger partial charge in [0.15, 0.2) is 5.78 Å². The Bertz CT molecular complexity index is 1140. The van der Waals surface area contributed by atoms with E-state index in [4.69, 9.17) is 5.73 Å². The molecule has 0 saturated carbocycles. The van der Waals surface area contributed by atoms with Crippen LogP contribution in [0.2, 0.25) is 0 Å². The van der Waals surface area contributed by atoms with Gasteiger partial charge in [0.2, 0.25) is 0 Å². The zero-order valence-corrected chi connectivity index (χ0v) is 16.3. The summed E-state index contributed by atoms with van der Waals surface area (Å²) in [6, 6.07) is 11.8. The second kappa shape index (κ2) is 7.69. The molecule has 0 spiro atoms. The Morgan fingerprint density at radius 2 is 1.32 bits per heavy atom. The van der Waals surface area contributed by atoms with Gasteiger partial charge in [-0.25, -0.2) is 0 Å². The molecule has 2 nitrogen and oxygen atoms in total. The molecule has 2 N–H and O–H groups in total. The number of hydrogen-bond donors (Lipinski definition) is 1. The minimum absolute atomic E-state index is 0. The predicted octanol–water partition coefficient (Wildman–Crippen LogP) is 6.41. The van der Waals surface area contributed by atoms with E-state index < -0.39 is 40.9 Å². The molecular formula is C22H14ClF6NO. The van der Waals surface area contributed by atoms with Crippen LogP contribution in [0.15, 0.2) is 60.7 Å². The van der Waals surface area contributed by atoms with E-state index in [0.717, 1.165) is 11.1 Å². The van der Waals surface area contributed by atoms with Crippen LogP contribution in [0.25, 0.3) is 11.1 Å². The molecule has 4 rings (SSSR count). The summed E-state index contributed by atoms with van der Waals surface area (Å²) >= 11 is 0. The Morgan fingerprint density at radius 3 is 1.90 bits per heavy atom. The molecule has 162 valence electrons. The summed E-state index contributed by atoms with van der Waals surface area (Å²) in [5.41, 5.74) is 4.97. The third-order valence-electron chi connectivity index (χ3n) is 5.10. The van der Waals surface area contributed by atoms with E-state index in [-0.39, 0.29) is 24.0 Å². The number of fused-ring (bicyclic) bond motifs is 3. The van der Waals surface area contributed by atoms with Crippen molar-refractivity contribution in [2.45, 2.75) is 18.4 Å². The molecule has 0 aliphatic heterocycles. The molecule has 0 fully saturated rings. The van der Waals surface area contributed by atoms with E-state index in [1.54, 1.807) is 30.3 Å². The second-order valence-electron chi connectivity index (χ2n) is 6.96. The van der Waals surface area contributed by atoms with Crippen molar-refractivity contribution in [1.82, 2.24) is 0 Å². The van der Waals surface area contributed by atoms with Gasteiger partial charge in [-0.3, -0.25) is 4.79 Å². The standard InChI is InChI=1S/C22H13F6NO.ClH/c23-21(24,25)12-8-11(9-13(10-12)22(26,27)28)20(30)17-7-3-6-15-14-4-1-2-5-16(14)19(29)18(15)17;/h1-10,19H,29H2;1H. The predicted molar refractivity (Wildman–Crippen MR) is 105 cm³/mol. The maximum atomic E-state index is 13.2. The van der Waals surface area contributed by atoms with Gasteiger partial charge in [0.05, 0.1) is 17.2 Å². The van der Waals surface area contributed by atoms with Crippen molar-refractivity contribution in [2.75, 3.05) is 0 Å². The van der Waals surface area contributed by atoms with Gasteiger partial charge in [-0.05, 0) is 40.5 Å². The smallest absolute Gasteiger partial charge is 0.320 e. The molecule has 1 aliphatic rings. The number of ketones is 1. The lowest BCUT2D eigenvalue weighted by Gasteiger charge is -2.16. The fourth-order valence-electron chi connectivity index (χ4n) is 3.74. The molecule has 1 aliphatic carbocycles. The van der Waals surface area contributed by atoms with Gasteiger partial charge in [0, 0.05) is 11.1 Å². The summed E-state index contributed by atoms with van der Waals surface area (Å²) in [6.07, 6.45) is -10.1. The van der Waals surface area contributed by atoms with Crippen LogP contribution >= 0.6 is 12.4 Å². The highest BCUT2D eigenvalue weighted by molar-refractivity contribution is 6.11. The first kappa shape index (κ1) is 22.8. The zero-order valence-electron chi connectivity index (χ0n) is 15.5. The molecule has 31 heavy (non-hydrogen) atoms. The number of nitrogens with two attached hydrogens (primary N) is 1. The summed E-state index contributed by atoms with van der Waals surface area (Å²) < 4.78 is 79.0. The lowest BCUT2D eigenvalue weighted by Crippen LogP contribution is -2.16. The van der Waals surface area contributed by atoms with E-state index in [1.807, 2.05) is 0 Å². The molecule has 0 bridgehead atoms. The third-order valence-corrected chi connectivity index (χ3v) is 5.10. The quantitative estimate of drug-likeness (QED) is 0.357. The maximum absolute atomic E-state index is 13.2. The van der Waals surface area contributed by atoms with E-state index in [1.165, 1.54) is 12.1 Å². The highest BCUT2D eigenvalue weighted by atomic mass is 35.5. The van der Waals surface area contributed by atoms with Crippen molar-refractivity contribution in [3.8, 4) is 11.1 Å². The Hall–Kier alpha value is -2.84. The summed E-state index contributed by atoms with van der Waals surface area (Å²) in [4.78, 5) is 13.1. The van der Waals surface area contributed by atoms with Gasteiger partial charge < -0.3 is 5.73 Å². The molecule has 3 aromatic carbocycles. The van der Waals surface area contributed by atoms with Crippen molar-refractivity contribution in [1.29, 1.82) is 0 Å². The van der Waals surface area contributed by atoms with E-state index >= 15 is 0 Å². The summed E-state index contributed by atoms with van der Waals surface area (Å²) in [5.74, 6) is -0.952. The van der Waals surface area contributed by atoms with E-state index in [2.05, 4.69) is 0 Å². The van der Waals surface area contributed by atoms with Gasteiger partial charge >= 0.3 is 12.4 Å². The first-order valence-electron chi connectivity index (χ1n) is 8.80. The highest BCUT2D eigenvalue weighted by Crippen LogP contribution is 2.44. The SMILES string of the molecule is Cl.NC1c2ccccc2-c2cccc(C(=O)c3cc(C(F)(F)F)cc(C(F)(F)F)c3)c21. The Balaban J connectivity index is 0.00000272. The topological polar surface area (TPSA) is 43.1 Å². The van der Waals surface area contributed by atoms with Gasteiger partial charge in [-0.2, -0.15) is 26.3 Å². The number of rotatable bonds is 2. The van der Waals surface area contributed by atoms with Crippen LogP contribution < -0.4 is 5.73 Å². The summed E-state index contributed by atoms with van der Waals surface area (Å²) in [7, 11) is 0. The monoisotopic (exact) mass is 457 g/mol. The largest absolute Gasteiger partial charge is 0.416 e. The Labute approximate surface area is 179 Å². The molecule has 9 heteroatoms. The van der Waals surface area contributed by atoms with E-state index in [9.17, 15) is 31.1 Å². The fraction of sp³-hybridized carbons (Fsp3) is 0.136. The highest BCUT2D eigenvalue weighted by Gasteiger charge is 2.38. The first-order chi connectivity index (χ1) is 14.0. The van der Waals surface area contributed by atoms with Crippen LogP contribution in [-0.4, -0.2) is 5.78 Å². The van der Waals surface area contributed by atoms with Crippen LogP contribution in [0, 0.1) is 0 Å². The van der Waals surface area contributed by atoms with Gasteiger partial charge in [-0.15, -0.1) is 12.4 Å². The average Bonchev–Trinajstić information content (AvgIpc) is 2.99. The molecule has 3 aromatic rings. The molecule has 1 atom stereocenters. The normalized spacial score (nSPS) is 15.1. The molecule has 0 radical (unpaired) electrons. The van der Waals surface area contributed by atoms with E-state index in [0.29, 0.717) is 23.3 Å². The van der Waals surface area contributed by atoms with Crippen molar-refractivity contribution in [3.63, 3.8) is 0 Å². The van der Waals surface area contributed by atoms with Crippen LogP contribution in [0.3, 0.4) is 0 Å². The molecule has 0 heterocycles. The third kappa shape index (κ3) is 3.93. The molecule has 0 amide bonds. The molecular weight excluding hydrogens is 444 g/mol. The average molecular weight is 458 g/mol. The van der Waals surface area contributed by atoms with Gasteiger partial charge in [0.1, 0.15) is 0 Å². The zero-order chi connectivity index (χ0) is 21.8. The lowest BCUT2D eigenvalue weighted by atomic mass is 9.91. The number of benzene rings is 3. The minimum Gasteiger partial charge on any atom is -0.320 e.